The highest BCUT2D eigenvalue weighted by atomic mass is 16.5. The highest BCUT2D eigenvalue weighted by molar-refractivity contribution is 6.00. The number of benzene rings is 4. The van der Waals surface area contributed by atoms with Crippen molar-refractivity contribution in [2.75, 3.05) is 7.11 Å². The standard InChI is InChI=1S/C56H50N6O2/c1-30-24-32(3)51(33(4)25-30)54-47-20-16-43(59-47)41-14-18-45(57-41)53(38-10-12-39(13-11-38)61-62-40-28-36(7)56(63-9)37(8)29-40)46-19-15-42(58-46)44-17-21-48(60-44)55(50-23-22-49(54)64-50)52-34(5)26-31(2)27-35(52)6/h10-29,57,59-60H,1-9H3. The maximum absolute atomic E-state index is 7.10. The molecule has 0 spiro atoms. The first-order valence-electron chi connectivity index (χ1n) is 21.7. The molecule has 64 heavy (non-hydrogen) atoms. The third-order valence-corrected chi connectivity index (χ3v) is 12.4. The third-order valence-electron chi connectivity index (χ3n) is 12.4. The molecule has 0 saturated heterocycles. The predicted octanol–water partition coefficient (Wildman–Crippen LogP) is 15.9. The molecule has 0 fully saturated rings. The van der Waals surface area contributed by atoms with Crippen molar-refractivity contribution in [3.63, 3.8) is 0 Å². The van der Waals surface area contributed by atoms with Crippen molar-refractivity contribution in [2.45, 2.75) is 55.4 Å². The quantitative estimate of drug-likeness (QED) is 0.145. The van der Waals surface area contributed by atoms with Crippen LogP contribution in [0.2, 0.25) is 0 Å². The van der Waals surface area contributed by atoms with Crippen molar-refractivity contribution in [2.24, 2.45) is 10.2 Å². The van der Waals surface area contributed by atoms with Crippen molar-refractivity contribution in [3.8, 4) is 39.1 Å². The van der Waals surface area contributed by atoms with Crippen LogP contribution < -0.4 is 4.74 Å². The number of hydrogen-bond acceptors (Lipinski definition) is 5. The number of nitrogens with one attached hydrogen (secondary N) is 3. The van der Waals surface area contributed by atoms with Crippen molar-refractivity contribution in [1.29, 1.82) is 0 Å². The Morgan fingerprint density at radius 3 is 1.38 bits per heavy atom. The summed E-state index contributed by atoms with van der Waals surface area (Å²) in [5, 5.41) is 9.18. The highest BCUT2D eigenvalue weighted by Crippen LogP contribution is 2.40. The summed E-state index contributed by atoms with van der Waals surface area (Å²) >= 11 is 0. The average molecular weight is 839 g/mol. The molecule has 1 aliphatic rings. The van der Waals surface area contributed by atoms with E-state index in [-0.39, 0.29) is 0 Å². The van der Waals surface area contributed by atoms with Crippen LogP contribution >= 0.6 is 0 Å². The number of azo groups is 1. The SMILES string of the molecule is COc1c(C)cc(N=Nc2ccc(-c3c4nc(c5ccc([nH]5)c(-c5c(C)cc(C)cc5C)c5ccc(o5)c(-c5c(C)cc(C)cc5C)c5ccc([nH]5)c5ccc3[nH]5)C=C4)cc2)cc1C. The van der Waals surface area contributed by atoms with E-state index in [1.807, 2.05) is 38.1 Å². The van der Waals surface area contributed by atoms with Crippen LogP contribution in [0.25, 0.3) is 89.8 Å². The van der Waals surface area contributed by atoms with Gasteiger partial charge in [0, 0.05) is 22.2 Å². The van der Waals surface area contributed by atoms with Gasteiger partial charge in [-0.15, -0.1) is 0 Å². The van der Waals surface area contributed by atoms with Crippen molar-refractivity contribution >= 4 is 67.8 Å². The van der Waals surface area contributed by atoms with Crippen LogP contribution in [0, 0.1) is 55.4 Å². The molecule has 3 N–H and O–H groups in total. The predicted molar refractivity (Wildman–Crippen MR) is 265 cm³/mol. The molecule has 0 saturated carbocycles. The highest BCUT2D eigenvalue weighted by Gasteiger charge is 2.19. The second-order valence-electron chi connectivity index (χ2n) is 17.3. The molecular formula is C56H50N6O2. The first-order chi connectivity index (χ1) is 30.9. The molecule has 9 aromatic rings. The number of aromatic amines is 3. The van der Waals surface area contributed by atoms with Gasteiger partial charge >= 0.3 is 0 Å². The van der Waals surface area contributed by atoms with Gasteiger partial charge in [-0.2, -0.15) is 10.2 Å². The third kappa shape index (κ3) is 7.20. The van der Waals surface area contributed by atoms with E-state index in [4.69, 9.17) is 14.1 Å². The first-order valence-corrected chi connectivity index (χ1v) is 21.7. The fraction of sp³-hybridized carbons (Fsp3) is 0.161. The second-order valence-corrected chi connectivity index (χ2v) is 17.3. The molecule has 8 heteroatoms. The number of aromatic nitrogens is 4. The Hall–Kier alpha value is -7.71. The Morgan fingerprint density at radius 2 is 0.859 bits per heavy atom. The number of fused-ring (bicyclic) bond motifs is 12. The molecule has 0 amide bonds. The van der Waals surface area contributed by atoms with Crippen LogP contribution in [-0.4, -0.2) is 27.0 Å². The number of aryl methyl sites for hydroxylation is 8. The molecule has 0 atom stereocenters. The first kappa shape index (κ1) is 40.4. The van der Waals surface area contributed by atoms with Crippen LogP contribution in [0.4, 0.5) is 11.4 Å². The van der Waals surface area contributed by atoms with Crippen molar-refractivity contribution < 1.29 is 9.15 Å². The van der Waals surface area contributed by atoms with E-state index in [2.05, 4.69) is 164 Å². The average Bonchev–Trinajstić information content (AvgIpc) is 4.11. The van der Waals surface area contributed by atoms with E-state index in [0.29, 0.717) is 0 Å². The normalized spacial score (nSPS) is 12.0. The van der Waals surface area contributed by atoms with Gasteiger partial charge in [0.2, 0.25) is 0 Å². The van der Waals surface area contributed by atoms with Crippen LogP contribution in [0.1, 0.15) is 55.9 Å². The zero-order valence-electron chi connectivity index (χ0n) is 37.7. The number of rotatable bonds is 6. The zero-order chi connectivity index (χ0) is 44.4. The summed E-state index contributed by atoms with van der Waals surface area (Å²) < 4.78 is 12.7. The Bertz CT molecular complexity index is 3500. The molecular weight excluding hydrogens is 789 g/mol. The van der Waals surface area contributed by atoms with E-state index >= 15 is 0 Å². The maximum atomic E-state index is 7.10. The molecule has 316 valence electrons. The maximum Gasteiger partial charge on any atom is 0.137 e. The Kier molecular flexibility index (Phi) is 10.0. The van der Waals surface area contributed by atoms with Gasteiger partial charge in [-0.3, -0.25) is 0 Å². The molecule has 0 aliphatic carbocycles. The Morgan fingerprint density at radius 1 is 0.422 bits per heavy atom. The lowest BCUT2D eigenvalue weighted by atomic mass is 9.93. The Labute approximate surface area is 372 Å². The lowest BCUT2D eigenvalue weighted by Crippen LogP contribution is -1.91. The molecule has 8 nitrogen and oxygen atoms in total. The van der Waals surface area contributed by atoms with E-state index in [9.17, 15) is 0 Å². The number of nitrogens with zero attached hydrogens (tertiary/aromatic N) is 3. The van der Waals surface area contributed by atoms with Crippen molar-refractivity contribution in [1.82, 2.24) is 19.9 Å². The second kappa shape index (κ2) is 15.9. The molecule has 4 aromatic carbocycles. The van der Waals surface area contributed by atoms with E-state index in [1.165, 1.54) is 33.4 Å². The largest absolute Gasteiger partial charge is 0.496 e. The molecule has 0 radical (unpaired) electrons. The summed E-state index contributed by atoms with van der Waals surface area (Å²) in [5.41, 5.74) is 26.0. The molecule has 1 aliphatic heterocycles. The van der Waals surface area contributed by atoms with Gasteiger partial charge in [-0.1, -0.05) is 47.5 Å². The number of H-pyrrole nitrogens is 3. The minimum absolute atomic E-state index is 0.747. The molecule has 5 aromatic heterocycles. The summed E-state index contributed by atoms with van der Waals surface area (Å²) in [5.74, 6) is 0.869. The lowest BCUT2D eigenvalue weighted by molar-refractivity contribution is 0.408. The molecule has 10 bridgehead atoms. The summed E-state index contributed by atoms with van der Waals surface area (Å²) in [6, 6.07) is 38.2. The lowest BCUT2D eigenvalue weighted by Gasteiger charge is -2.13. The summed E-state index contributed by atoms with van der Waals surface area (Å²) in [6.07, 6.45) is 4.18. The number of hydrogen-bond donors (Lipinski definition) is 3. The number of ether oxygens (including phenoxy) is 1. The van der Waals surface area contributed by atoms with Gasteiger partial charge in [0.05, 0.1) is 57.5 Å². The fourth-order valence-electron chi connectivity index (χ4n) is 9.83. The van der Waals surface area contributed by atoms with Gasteiger partial charge in [-0.25, -0.2) is 4.98 Å². The zero-order valence-corrected chi connectivity index (χ0v) is 37.7. The van der Waals surface area contributed by atoms with Crippen LogP contribution in [-0.2, 0) is 0 Å². The van der Waals surface area contributed by atoms with E-state index in [1.54, 1.807) is 7.11 Å². The van der Waals surface area contributed by atoms with E-state index < -0.39 is 0 Å². The van der Waals surface area contributed by atoms with Gasteiger partial charge in [0.15, 0.2) is 0 Å². The van der Waals surface area contributed by atoms with Crippen LogP contribution in [0.3, 0.4) is 0 Å². The topological polar surface area (TPSA) is 107 Å². The van der Waals surface area contributed by atoms with Crippen molar-refractivity contribution in [3.05, 3.63) is 165 Å². The van der Waals surface area contributed by atoms with Crippen LogP contribution in [0.15, 0.2) is 124 Å². The van der Waals surface area contributed by atoms with E-state index in [0.717, 1.165) is 117 Å². The monoisotopic (exact) mass is 838 g/mol. The van der Waals surface area contributed by atoms with Gasteiger partial charge in [0.1, 0.15) is 16.9 Å². The minimum atomic E-state index is 0.747. The summed E-state index contributed by atoms with van der Waals surface area (Å²) in [7, 11) is 1.69. The number of furan rings is 1. The summed E-state index contributed by atoms with van der Waals surface area (Å²) in [4.78, 5) is 16.6. The fourth-order valence-corrected chi connectivity index (χ4v) is 9.83. The summed E-state index contributed by atoms with van der Waals surface area (Å²) in [6.45, 7) is 17.1. The van der Waals surface area contributed by atoms with Gasteiger partial charge < -0.3 is 24.1 Å². The smallest absolute Gasteiger partial charge is 0.137 e. The van der Waals surface area contributed by atoms with Gasteiger partial charge in [0.25, 0.3) is 0 Å². The number of methoxy groups -OCH3 is 1. The molecule has 10 rings (SSSR count). The molecule has 6 heterocycles. The minimum Gasteiger partial charge on any atom is -0.496 e. The van der Waals surface area contributed by atoms with Crippen LogP contribution in [0.5, 0.6) is 5.75 Å². The van der Waals surface area contributed by atoms with Gasteiger partial charge in [-0.05, 0) is 190 Å². The molecule has 0 unspecified atom stereocenters. The Balaban J connectivity index is 1.24.